The van der Waals surface area contributed by atoms with E-state index in [1.165, 1.54) is 57.8 Å². The number of hydrogen-bond acceptors (Lipinski definition) is 4. The first kappa shape index (κ1) is 14.4. The van der Waals surface area contributed by atoms with E-state index in [0.29, 0.717) is 12.1 Å². The van der Waals surface area contributed by atoms with Gasteiger partial charge < -0.3 is 0 Å². The predicted octanol–water partition coefficient (Wildman–Crippen LogP) is 2.11. The quantitative estimate of drug-likeness (QED) is 0.727. The van der Waals surface area contributed by atoms with Crippen LogP contribution in [0.3, 0.4) is 0 Å². The van der Waals surface area contributed by atoms with Crippen molar-refractivity contribution in [2.24, 2.45) is 35.4 Å². The van der Waals surface area contributed by atoms with Crippen LogP contribution in [0.2, 0.25) is 0 Å². The lowest BCUT2D eigenvalue weighted by Crippen LogP contribution is -2.57. The van der Waals surface area contributed by atoms with Crippen molar-refractivity contribution in [1.29, 1.82) is 0 Å². The van der Waals surface area contributed by atoms with Crippen molar-refractivity contribution < 1.29 is 0 Å². The maximum absolute atomic E-state index is 6.59. The van der Waals surface area contributed by atoms with Gasteiger partial charge in [-0.1, -0.05) is 6.42 Å². The van der Waals surface area contributed by atoms with Crippen molar-refractivity contribution in [3.8, 4) is 0 Å². The third kappa shape index (κ3) is 2.65. The largest absolute Gasteiger partial charge is 0.269 e. The summed E-state index contributed by atoms with van der Waals surface area (Å²) in [6.07, 6.45) is 12.4. The smallest absolute Gasteiger partial charge is 0.0272 e. The van der Waals surface area contributed by atoms with Gasteiger partial charge in [-0.25, -0.2) is 10.0 Å². The number of fused-ring (bicyclic) bond motifs is 2. The summed E-state index contributed by atoms with van der Waals surface area (Å²) in [5.41, 5.74) is 0. The normalized spacial score (nSPS) is 48.9. The Bertz CT molecular complexity index is 374. The highest BCUT2D eigenvalue weighted by Crippen LogP contribution is 2.45. The zero-order valence-electron chi connectivity index (χ0n) is 13.3. The minimum Gasteiger partial charge on any atom is -0.269 e. The Labute approximate surface area is 129 Å². The highest BCUT2D eigenvalue weighted by molar-refractivity contribution is 4.96. The van der Waals surface area contributed by atoms with Gasteiger partial charge in [0.25, 0.3) is 0 Å². The zero-order valence-corrected chi connectivity index (χ0v) is 13.3. The molecule has 0 bridgehead atoms. The van der Waals surface area contributed by atoms with E-state index in [4.69, 9.17) is 11.7 Å². The summed E-state index contributed by atoms with van der Waals surface area (Å²) < 4.78 is 0. The fourth-order valence-corrected chi connectivity index (χ4v) is 6.04. The first-order valence-corrected chi connectivity index (χ1v) is 9.25. The average Bonchev–Trinajstić information content (AvgIpc) is 2.97. The molecule has 21 heavy (non-hydrogen) atoms. The molecule has 4 aliphatic rings. The Morgan fingerprint density at radius 3 is 2.33 bits per heavy atom. The lowest BCUT2D eigenvalue weighted by atomic mass is 9.67. The lowest BCUT2D eigenvalue weighted by molar-refractivity contribution is -0.0160. The van der Waals surface area contributed by atoms with Gasteiger partial charge in [-0.3, -0.25) is 11.7 Å². The van der Waals surface area contributed by atoms with E-state index in [-0.39, 0.29) is 0 Å². The SMILES string of the molecule is NN1CCC2CC(C3CCC4CCCC4N3N)CCC2C1. The van der Waals surface area contributed by atoms with E-state index in [1.54, 1.807) is 0 Å². The van der Waals surface area contributed by atoms with Crippen molar-refractivity contribution >= 4 is 0 Å². The second-order valence-corrected chi connectivity index (χ2v) is 8.23. The van der Waals surface area contributed by atoms with E-state index in [1.807, 2.05) is 5.01 Å². The molecule has 4 N–H and O–H groups in total. The average molecular weight is 292 g/mol. The summed E-state index contributed by atoms with van der Waals surface area (Å²) in [4.78, 5) is 0. The molecular formula is C17H32N4. The standard InChI is InChI=1S/C17H32N4/c18-20-9-8-13-10-14(4-5-15(13)11-20)17-7-6-12-2-1-3-16(12)21(17)19/h12-17H,1-11,18-19H2. The van der Waals surface area contributed by atoms with Gasteiger partial charge in [0.2, 0.25) is 0 Å². The highest BCUT2D eigenvalue weighted by Gasteiger charge is 2.44. The molecule has 0 aromatic carbocycles. The first-order valence-electron chi connectivity index (χ1n) is 9.25. The van der Waals surface area contributed by atoms with Crippen LogP contribution in [0.4, 0.5) is 0 Å². The number of nitrogens with zero attached hydrogens (tertiary/aromatic N) is 2. The van der Waals surface area contributed by atoms with E-state index in [2.05, 4.69) is 5.01 Å². The molecule has 4 rings (SSSR count). The van der Waals surface area contributed by atoms with Crippen LogP contribution in [0.5, 0.6) is 0 Å². The van der Waals surface area contributed by atoms with Crippen LogP contribution in [-0.2, 0) is 0 Å². The molecule has 0 amide bonds. The molecule has 6 atom stereocenters. The number of piperidine rings is 2. The molecule has 0 aromatic heterocycles. The maximum Gasteiger partial charge on any atom is 0.0272 e. The Balaban J connectivity index is 1.40. The molecule has 4 heteroatoms. The molecule has 2 saturated carbocycles. The van der Waals surface area contributed by atoms with Crippen molar-refractivity contribution in [2.75, 3.05) is 13.1 Å². The molecule has 120 valence electrons. The predicted molar refractivity (Wildman–Crippen MR) is 84.9 cm³/mol. The Kier molecular flexibility index (Phi) is 3.99. The summed E-state index contributed by atoms with van der Waals surface area (Å²) in [5, 5.41) is 4.37. The van der Waals surface area contributed by atoms with Gasteiger partial charge >= 0.3 is 0 Å². The molecule has 2 saturated heterocycles. The second kappa shape index (κ2) is 5.80. The van der Waals surface area contributed by atoms with E-state index in [0.717, 1.165) is 36.8 Å². The number of hydrogen-bond donors (Lipinski definition) is 2. The second-order valence-electron chi connectivity index (χ2n) is 8.23. The van der Waals surface area contributed by atoms with E-state index < -0.39 is 0 Å². The van der Waals surface area contributed by atoms with Crippen LogP contribution in [0, 0.1) is 23.7 Å². The fraction of sp³-hybridized carbons (Fsp3) is 1.00. The van der Waals surface area contributed by atoms with Gasteiger partial charge in [0.15, 0.2) is 0 Å². The van der Waals surface area contributed by atoms with Gasteiger partial charge in [-0.15, -0.1) is 0 Å². The maximum atomic E-state index is 6.59. The van der Waals surface area contributed by atoms with Crippen LogP contribution in [0.1, 0.15) is 57.8 Å². The van der Waals surface area contributed by atoms with Gasteiger partial charge in [-0.05, 0) is 75.0 Å². The Morgan fingerprint density at radius 1 is 0.667 bits per heavy atom. The molecular weight excluding hydrogens is 260 g/mol. The van der Waals surface area contributed by atoms with Crippen molar-refractivity contribution in [1.82, 2.24) is 10.0 Å². The summed E-state index contributed by atoms with van der Waals surface area (Å²) in [7, 11) is 0. The summed E-state index contributed by atoms with van der Waals surface area (Å²) in [6, 6.07) is 1.37. The molecule has 6 unspecified atom stereocenters. The van der Waals surface area contributed by atoms with Crippen molar-refractivity contribution in [2.45, 2.75) is 69.9 Å². The first-order chi connectivity index (χ1) is 10.2. The molecule has 2 aliphatic carbocycles. The van der Waals surface area contributed by atoms with Gasteiger partial charge in [0.1, 0.15) is 0 Å². The number of hydrazine groups is 2. The fourth-order valence-electron chi connectivity index (χ4n) is 6.04. The molecule has 2 heterocycles. The molecule has 0 aromatic rings. The monoisotopic (exact) mass is 292 g/mol. The van der Waals surface area contributed by atoms with Crippen LogP contribution in [0.25, 0.3) is 0 Å². The molecule has 4 nitrogen and oxygen atoms in total. The molecule has 0 radical (unpaired) electrons. The minimum atomic E-state index is 0.668. The summed E-state index contributed by atoms with van der Waals surface area (Å²) >= 11 is 0. The van der Waals surface area contributed by atoms with Crippen LogP contribution in [-0.4, -0.2) is 35.2 Å². The third-order valence-corrected chi connectivity index (χ3v) is 7.20. The molecule has 2 aliphatic heterocycles. The van der Waals surface area contributed by atoms with Crippen LogP contribution in [0.15, 0.2) is 0 Å². The highest BCUT2D eigenvalue weighted by atomic mass is 15.4. The van der Waals surface area contributed by atoms with Crippen molar-refractivity contribution in [3.63, 3.8) is 0 Å². The summed E-state index contributed by atoms with van der Waals surface area (Å²) in [5.74, 6) is 16.1. The van der Waals surface area contributed by atoms with Gasteiger partial charge in [0, 0.05) is 25.2 Å². The zero-order chi connectivity index (χ0) is 14.4. The van der Waals surface area contributed by atoms with Crippen LogP contribution >= 0.6 is 0 Å². The molecule has 0 spiro atoms. The number of nitrogens with two attached hydrogens (primary N) is 2. The lowest BCUT2D eigenvalue weighted by Gasteiger charge is -2.49. The van der Waals surface area contributed by atoms with Gasteiger partial charge in [-0.2, -0.15) is 0 Å². The Hall–Kier alpha value is -0.160. The Morgan fingerprint density at radius 2 is 1.43 bits per heavy atom. The van der Waals surface area contributed by atoms with E-state index >= 15 is 0 Å². The third-order valence-electron chi connectivity index (χ3n) is 7.20. The number of rotatable bonds is 1. The van der Waals surface area contributed by atoms with E-state index in [9.17, 15) is 0 Å². The van der Waals surface area contributed by atoms with Crippen LogP contribution < -0.4 is 11.7 Å². The summed E-state index contributed by atoms with van der Waals surface area (Å²) in [6.45, 7) is 2.22. The van der Waals surface area contributed by atoms with Crippen molar-refractivity contribution in [3.05, 3.63) is 0 Å². The molecule has 4 fully saturated rings. The van der Waals surface area contributed by atoms with Gasteiger partial charge in [0.05, 0.1) is 0 Å². The minimum absolute atomic E-state index is 0.668. The topological polar surface area (TPSA) is 58.5 Å².